The SMILES string of the molecule is CN(C(=O)CCC1CCCN1)C1CCC(C)(C)CC1. The minimum absolute atomic E-state index is 0.346. The number of rotatable bonds is 4. The van der Waals surface area contributed by atoms with E-state index in [0.29, 0.717) is 29.8 Å². The van der Waals surface area contributed by atoms with Gasteiger partial charge < -0.3 is 10.2 Å². The average molecular weight is 266 g/mol. The molecule has 1 aliphatic carbocycles. The molecule has 2 rings (SSSR count). The van der Waals surface area contributed by atoms with E-state index in [-0.39, 0.29) is 0 Å². The predicted molar refractivity (Wildman–Crippen MR) is 79.1 cm³/mol. The van der Waals surface area contributed by atoms with Crippen LogP contribution >= 0.6 is 0 Å². The standard InChI is InChI=1S/C16H30N2O/c1-16(2)10-8-14(9-11-16)18(3)15(19)7-6-13-5-4-12-17-13/h13-14,17H,4-12H2,1-3H3. The van der Waals surface area contributed by atoms with Crippen LogP contribution in [0.4, 0.5) is 0 Å². The minimum Gasteiger partial charge on any atom is -0.343 e. The van der Waals surface area contributed by atoms with E-state index in [2.05, 4.69) is 19.2 Å². The molecule has 1 heterocycles. The monoisotopic (exact) mass is 266 g/mol. The van der Waals surface area contributed by atoms with Crippen LogP contribution in [0.3, 0.4) is 0 Å². The van der Waals surface area contributed by atoms with Crippen LogP contribution in [0.1, 0.15) is 65.2 Å². The van der Waals surface area contributed by atoms with E-state index in [1.807, 2.05) is 11.9 Å². The van der Waals surface area contributed by atoms with Crippen LogP contribution in [0, 0.1) is 5.41 Å². The molecule has 1 amide bonds. The van der Waals surface area contributed by atoms with Gasteiger partial charge in [-0.15, -0.1) is 0 Å². The van der Waals surface area contributed by atoms with E-state index in [1.165, 1.54) is 38.5 Å². The lowest BCUT2D eigenvalue weighted by Gasteiger charge is -2.38. The fraction of sp³-hybridized carbons (Fsp3) is 0.938. The molecule has 0 aromatic carbocycles. The summed E-state index contributed by atoms with van der Waals surface area (Å²) in [5.41, 5.74) is 0.480. The number of carbonyl (C=O) groups excluding carboxylic acids is 1. The largest absolute Gasteiger partial charge is 0.343 e. The molecule has 1 aliphatic heterocycles. The molecule has 0 aromatic rings. The Morgan fingerprint density at radius 2 is 1.95 bits per heavy atom. The fourth-order valence-electron chi connectivity index (χ4n) is 3.45. The molecule has 2 aliphatic rings. The smallest absolute Gasteiger partial charge is 0.222 e. The second kappa shape index (κ2) is 6.25. The number of nitrogens with zero attached hydrogens (tertiary/aromatic N) is 1. The zero-order valence-electron chi connectivity index (χ0n) is 12.9. The van der Waals surface area contributed by atoms with Gasteiger partial charge in [-0.3, -0.25) is 4.79 Å². The average Bonchev–Trinajstić information content (AvgIpc) is 2.88. The van der Waals surface area contributed by atoms with E-state index in [0.717, 1.165) is 13.0 Å². The van der Waals surface area contributed by atoms with Gasteiger partial charge in [-0.25, -0.2) is 0 Å². The molecular weight excluding hydrogens is 236 g/mol. The predicted octanol–water partition coefficient (Wildman–Crippen LogP) is 2.95. The molecule has 0 aromatic heterocycles. The number of nitrogens with one attached hydrogen (secondary N) is 1. The summed E-state index contributed by atoms with van der Waals surface area (Å²) in [6.45, 7) is 5.82. The zero-order chi connectivity index (χ0) is 13.9. The van der Waals surface area contributed by atoms with Crippen LogP contribution < -0.4 is 5.32 Å². The summed E-state index contributed by atoms with van der Waals surface area (Å²) in [5.74, 6) is 0.346. The Balaban J connectivity index is 1.72. The third-order valence-electron chi connectivity index (χ3n) is 5.12. The van der Waals surface area contributed by atoms with Crippen molar-refractivity contribution < 1.29 is 4.79 Å². The topological polar surface area (TPSA) is 32.3 Å². The molecule has 110 valence electrons. The highest BCUT2D eigenvalue weighted by Crippen LogP contribution is 2.36. The van der Waals surface area contributed by atoms with Crippen LogP contribution in [-0.2, 0) is 4.79 Å². The Labute approximate surface area is 118 Å². The maximum absolute atomic E-state index is 12.3. The van der Waals surface area contributed by atoms with Crippen LogP contribution in [0.15, 0.2) is 0 Å². The first-order chi connectivity index (χ1) is 8.98. The third-order valence-corrected chi connectivity index (χ3v) is 5.12. The summed E-state index contributed by atoms with van der Waals surface area (Å²) in [6, 6.07) is 1.07. The van der Waals surface area contributed by atoms with Gasteiger partial charge >= 0.3 is 0 Å². The third kappa shape index (κ3) is 4.20. The first-order valence-corrected chi connectivity index (χ1v) is 7.97. The Morgan fingerprint density at radius 3 is 2.53 bits per heavy atom. The van der Waals surface area contributed by atoms with Gasteiger partial charge in [0, 0.05) is 25.6 Å². The van der Waals surface area contributed by atoms with Gasteiger partial charge in [0.25, 0.3) is 0 Å². The van der Waals surface area contributed by atoms with E-state index in [4.69, 9.17) is 0 Å². The molecule has 3 heteroatoms. The molecule has 1 saturated carbocycles. The molecule has 1 unspecified atom stereocenters. The highest BCUT2D eigenvalue weighted by Gasteiger charge is 2.30. The van der Waals surface area contributed by atoms with Crippen molar-refractivity contribution in [2.24, 2.45) is 5.41 Å². The van der Waals surface area contributed by atoms with Gasteiger partial charge in [0.15, 0.2) is 0 Å². The second-order valence-electron chi connectivity index (χ2n) is 7.23. The first-order valence-electron chi connectivity index (χ1n) is 7.97. The van der Waals surface area contributed by atoms with Crippen molar-refractivity contribution in [3.05, 3.63) is 0 Å². The van der Waals surface area contributed by atoms with Crippen molar-refractivity contribution in [1.82, 2.24) is 10.2 Å². The molecule has 19 heavy (non-hydrogen) atoms. The molecule has 1 N–H and O–H groups in total. The van der Waals surface area contributed by atoms with E-state index < -0.39 is 0 Å². The van der Waals surface area contributed by atoms with E-state index in [9.17, 15) is 4.79 Å². The summed E-state index contributed by atoms with van der Waals surface area (Å²) in [6.07, 6.45) is 9.10. The van der Waals surface area contributed by atoms with Crippen LogP contribution in [0.2, 0.25) is 0 Å². The highest BCUT2D eigenvalue weighted by molar-refractivity contribution is 5.76. The summed E-state index contributed by atoms with van der Waals surface area (Å²) in [5, 5.41) is 3.47. The molecule has 3 nitrogen and oxygen atoms in total. The van der Waals surface area contributed by atoms with Gasteiger partial charge in [-0.05, 0) is 56.9 Å². The van der Waals surface area contributed by atoms with E-state index >= 15 is 0 Å². The lowest BCUT2D eigenvalue weighted by Crippen LogP contribution is -2.41. The molecular formula is C16H30N2O. The maximum atomic E-state index is 12.3. The number of amides is 1. The number of hydrogen-bond donors (Lipinski definition) is 1. The van der Waals surface area contributed by atoms with Crippen molar-refractivity contribution in [2.45, 2.75) is 77.3 Å². The molecule has 1 atom stereocenters. The molecule has 0 radical (unpaired) electrons. The minimum atomic E-state index is 0.346. The molecule has 1 saturated heterocycles. The Morgan fingerprint density at radius 1 is 1.26 bits per heavy atom. The second-order valence-corrected chi connectivity index (χ2v) is 7.23. The zero-order valence-corrected chi connectivity index (χ0v) is 12.9. The van der Waals surface area contributed by atoms with Gasteiger partial charge in [0.1, 0.15) is 0 Å². The van der Waals surface area contributed by atoms with Crippen LogP contribution in [0.5, 0.6) is 0 Å². The quantitative estimate of drug-likeness (QED) is 0.848. The van der Waals surface area contributed by atoms with Crippen molar-refractivity contribution >= 4 is 5.91 Å². The summed E-state index contributed by atoms with van der Waals surface area (Å²) >= 11 is 0. The number of carbonyl (C=O) groups is 1. The van der Waals surface area contributed by atoms with Crippen LogP contribution in [-0.4, -0.2) is 36.5 Å². The summed E-state index contributed by atoms with van der Waals surface area (Å²) < 4.78 is 0. The highest BCUT2D eigenvalue weighted by atomic mass is 16.2. The summed E-state index contributed by atoms with van der Waals surface area (Å²) in [4.78, 5) is 14.3. The molecule has 2 fully saturated rings. The maximum Gasteiger partial charge on any atom is 0.222 e. The Kier molecular flexibility index (Phi) is 4.88. The van der Waals surface area contributed by atoms with Crippen molar-refractivity contribution in [3.63, 3.8) is 0 Å². The van der Waals surface area contributed by atoms with Crippen molar-refractivity contribution in [3.8, 4) is 0 Å². The Hall–Kier alpha value is -0.570. The van der Waals surface area contributed by atoms with E-state index in [1.54, 1.807) is 0 Å². The fourth-order valence-corrected chi connectivity index (χ4v) is 3.45. The number of hydrogen-bond acceptors (Lipinski definition) is 2. The van der Waals surface area contributed by atoms with Gasteiger partial charge in [-0.1, -0.05) is 13.8 Å². The lowest BCUT2D eigenvalue weighted by atomic mass is 9.75. The molecule has 0 spiro atoms. The Bertz CT molecular complexity index is 298. The lowest BCUT2D eigenvalue weighted by molar-refractivity contribution is -0.133. The van der Waals surface area contributed by atoms with Gasteiger partial charge in [-0.2, -0.15) is 0 Å². The van der Waals surface area contributed by atoms with Gasteiger partial charge in [0.05, 0.1) is 0 Å². The van der Waals surface area contributed by atoms with Crippen molar-refractivity contribution in [2.75, 3.05) is 13.6 Å². The van der Waals surface area contributed by atoms with Crippen LogP contribution in [0.25, 0.3) is 0 Å². The first kappa shape index (κ1) is 14.8. The van der Waals surface area contributed by atoms with Crippen molar-refractivity contribution in [1.29, 1.82) is 0 Å². The normalized spacial score (nSPS) is 27.4. The van der Waals surface area contributed by atoms with Gasteiger partial charge in [0.2, 0.25) is 5.91 Å². The molecule has 0 bridgehead atoms. The summed E-state index contributed by atoms with van der Waals surface area (Å²) in [7, 11) is 2.01.